The summed E-state index contributed by atoms with van der Waals surface area (Å²) in [6.07, 6.45) is 0.169. The van der Waals surface area contributed by atoms with E-state index < -0.39 is 18.1 Å². The van der Waals surface area contributed by atoms with Crippen LogP contribution in [0, 0.1) is 0 Å². The average Bonchev–Trinajstić information content (AvgIpc) is 2.81. The van der Waals surface area contributed by atoms with Crippen LogP contribution in [0.2, 0.25) is 0 Å². The lowest BCUT2D eigenvalue weighted by Crippen LogP contribution is -2.49. The first kappa shape index (κ1) is 13.0. The second-order valence-corrected chi connectivity index (χ2v) is 4.43. The third-order valence-corrected chi connectivity index (χ3v) is 2.95. The predicted octanol–water partition coefficient (Wildman–Crippen LogP) is -0.410. The molecule has 0 radical (unpaired) electrons. The summed E-state index contributed by atoms with van der Waals surface area (Å²) in [5, 5.41) is 26.4. The van der Waals surface area contributed by atoms with Crippen LogP contribution in [0.15, 0.2) is 4.42 Å². The number of nitrogens with zero attached hydrogens (tertiary/aromatic N) is 3. The molecule has 2 heterocycles. The molecule has 100 valence electrons. The first-order chi connectivity index (χ1) is 8.61. The first-order valence-corrected chi connectivity index (χ1v) is 6.09. The van der Waals surface area contributed by atoms with Gasteiger partial charge in [-0.2, -0.15) is 0 Å². The molecule has 1 fully saturated rings. The van der Waals surface area contributed by atoms with E-state index in [4.69, 9.17) is 4.42 Å². The third kappa shape index (κ3) is 2.68. The van der Waals surface area contributed by atoms with Crippen molar-refractivity contribution in [2.75, 3.05) is 13.1 Å². The number of rotatable bonds is 3. The van der Waals surface area contributed by atoms with Crippen molar-refractivity contribution in [2.45, 2.75) is 38.4 Å². The summed E-state index contributed by atoms with van der Waals surface area (Å²) in [6, 6.07) is 0. The number of aliphatic hydroxyl groups is 2. The lowest BCUT2D eigenvalue weighted by atomic mass is 10.1. The van der Waals surface area contributed by atoms with Crippen molar-refractivity contribution in [1.29, 1.82) is 0 Å². The second kappa shape index (κ2) is 5.45. The van der Waals surface area contributed by atoms with Gasteiger partial charge in [-0.15, -0.1) is 10.2 Å². The highest BCUT2D eigenvalue weighted by molar-refractivity contribution is 5.89. The number of β-amino-alcohol motifs (C(OH)–C–C–N with tert-alkyl or cyclic N) is 1. The molecule has 0 saturated carbocycles. The molecule has 7 nitrogen and oxygen atoms in total. The van der Waals surface area contributed by atoms with Gasteiger partial charge in [0.2, 0.25) is 5.89 Å². The van der Waals surface area contributed by atoms with Crippen molar-refractivity contribution < 1.29 is 19.4 Å². The minimum Gasteiger partial charge on any atom is -0.417 e. The highest BCUT2D eigenvalue weighted by Crippen LogP contribution is 2.14. The fourth-order valence-electron chi connectivity index (χ4n) is 1.89. The SMILES string of the molecule is CCCc1nnc(C(=O)N2CC[C@H](O)[C@@H](O)C2)o1. The zero-order valence-corrected chi connectivity index (χ0v) is 10.2. The maximum atomic E-state index is 12.0. The van der Waals surface area contributed by atoms with Crippen molar-refractivity contribution in [3.05, 3.63) is 11.8 Å². The minimum absolute atomic E-state index is 0.0537. The summed E-state index contributed by atoms with van der Waals surface area (Å²) in [7, 11) is 0. The van der Waals surface area contributed by atoms with Crippen LogP contribution in [0.4, 0.5) is 0 Å². The Morgan fingerprint density at radius 1 is 1.44 bits per heavy atom. The number of amides is 1. The number of aryl methyl sites for hydroxylation is 1. The molecular formula is C11H17N3O4. The summed E-state index contributed by atoms with van der Waals surface area (Å²) in [6.45, 7) is 2.45. The smallest absolute Gasteiger partial charge is 0.311 e. The lowest BCUT2D eigenvalue weighted by Gasteiger charge is -2.32. The van der Waals surface area contributed by atoms with Crippen molar-refractivity contribution in [1.82, 2.24) is 15.1 Å². The number of carbonyl (C=O) groups excluding carboxylic acids is 1. The number of aliphatic hydroxyl groups excluding tert-OH is 2. The van der Waals surface area contributed by atoms with Gasteiger partial charge < -0.3 is 19.5 Å². The normalized spacial score (nSPS) is 24.3. The monoisotopic (exact) mass is 255 g/mol. The highest BCUT2D eigenvalue weighted by Gasteiger charge is 2.31. The van der Waals surface area contributed by atoms with E-state index in [0.717, 1.165) is 6.42 Å². The molecule has 0 spiro atoms. The van der Waals surface area contributed by atoms with Crippen LogP contribution >= 0.6 is 0 Å². The zero-order valence-electron chi connectivity index (χ0n) is 10.2. The van der Waals surface area contributed by atoms with Gasteiger partial charge in [0, 0.05) is 19.5 Å². The van der Waals surface area contributed by atoms with Crippen molar-refractivity contribution in [2.24, 2.45) is 0 Å². The molecule has 2 atom stereocenters. The molecule has 0 aromatic carbocycles. The topological polar surface area (TPSA) is 99.7 Å². The van der Waals surface area contributed by atoms with E-state index in [2.05, 4.69) is 10.2 Å². The van der Waals surface area contributed by atoms with Crippen molar-refractivity contribution in [3.8, 4) is 0 Å². The third-order valence-electron chi connectivity index (χ3n) is 2.95. The van der Waals surface area contributed by atoms with Crippen LogP contribution in [0.25, 0.3) is 0 Å². The van der Waals surface area contributed by atoms with E-state index >= 15 is 0 Å². The Kier molecular flexibility index (Phi) is 3.93. The minimum atomic E-state index is -0.916. The molecule has 1 aliphatic rings. The van der Waals surface area contributed by atoms with Crippen LogP contribution < -0.4 is 0 Å². The van der Waals surface area contributed by atoms with Crippen molar-refractivity contribution >= 4 is 5.91 Å². The van der Waals surface area contributed by atoms with Gasteiger partial charge in [0.1, 0.15) is 0 Å². The summed E-state index contributed by atoms with van der Waals surface area (Å²) in [5.74, 6) is -0.00344. The van der Waals surface area contributed by atoms with Crippen LogP contribution in [-0.4, -0.2) is 56.5 Å². The van der Waals surface area contributed by atoms with E-state index in [-0.39, 0.29) is 12.4 Å². The van der Waals surface area contributed by atoms with Crippen LogP contribution in [0.3, 0.4) is 0 Å². The second-order valence-electron chi connectivity index (χ2n) is 4.43. The Balaban J connectivity index is 2.02. The summed E-state index contributed by atoms with van der Waals surface area (Å²) < 4.78 is 5.24. The molecule has 1 aliphatic heterocycles. The molecular weight excluding hydrogens is 238 g/mol. The maximum absolute atomic E-state index is 12.0. The van der Waals surface area contributed by atoms with Gasteiger partial charge in [0.05, 0.1) is 12.2 Å². The van der Waals surface area contributed by atoms with E-state index in [1.54, 1.807) is 0 Å². The van der Waals surface area contributed by atoms with Crippen molar-refractivity contribution in [3.63, 3.8) is 0 Å². The lowest BCUT2D eigenvalue weighted by molar-refractivity contribution is -0.0330. The van der Waals surface area contributed by atoms with Crippen LogP contribution in [0.5, 0.6) is 0 Å². The molecule has 1 amide bonds. The molecule has 18 heavy (non-hydrogen) atoms. The molecule has 2 N–H and O–H groups in total. The largest absolute Gasteiger partial charge is 0.417 e. The quantitative estimate of drug-likeness (QED) is 0.761. The van der Waals surface area contributed by atoms with Gasteiger partial charge in [0.25, 0.3) is 0 Å². The molecule has 0 unspecified atom stereocenters. The van der Waals surface area contributed by atoms with Gasteiger partial charge >= 0.3 is 11.8 Å². The van der Waals surface area contributed by atoms with Gasteiger partial charge in [0.15, 0.2) is 0 Å². The predicted molar refractivity (Wildman–Crippen MR) is 60.8 cm³/mol. The molecule has 7 heteroatoms. The number of piperidine rings is 1. The number of aromatic nitrogens is 2. The van der Waals surface area contributed by atoms with E-state index in [1.807, 2.05) is 6.92 Å². The number of hydrogen-bond acceptors (Lipinski definition) is 6. The Bertz CT molecular complexity index is 420. The maximum Gasteiger partial charge on any atom is 0.311 e. The Labute approximate surface area is 104 Å². The first-order valence-electron chi connectivity index (χ1n) is 6.09. The number of hydrogen-bond donors (Lipinski definition) is 2. The molecule has 1 aromatic rings. The van der Waals surface area contributed by atoms with E-state index in [1.165, 1.54) is 4.90 Å². The average molecular weight is 255 g/mol. The van der Waals surface area contributed by atoms with Gasteiger partial charge in [-0.1, -0.05) is 6.92 Å². The summed E-state index contributed by atoms with van der Waals surface area (Å²) in [4.78, 5) is 13.4. The van der Waals surface area contributed by atoms with Gasteiger partial charge in [-0.05, 0) is 12.8 Å². The summed E-state index contributed by atoms with van der Waals surface area (Å²) >= 11 is 0. The Morgan fingerprint density at radius 3 is 2.89 bits per heavy atom. The highest BCUT2D eigenvalue weighted by atomic mass is 16.4. The van der Waals surface area contributed by atoms with Crippen LogP contribution in [-0.2, 0) is 6.42 Å². The fraction of sp³-hybridized carbons (Fsp3) is 0.727. The Morgan fingerprint density at radius 2 is 2.22 bits per heavy atom. The standard InChI is InChI=1S/C11H17N3O4/c1-2-3-9-12-13-10(18-9)11(17)14-5-4-7(15)8(16)6-14/h7-8,15-16H,2-6H2,1H3/t7-,8-/m0/s1. The van der Waals surface area contributed by atoms with E-state index in [0.29, 0.717) is 25.3 Å². The molecule has 0 bridgehead atoms. The fourth-order valence-corrected chi connectivity index (χ4v) is 1.89. The number of likely N-dealkylation sites (tertiary alicyclic amines) is 1. The van der Waals surface area contributed by atoms with Gasteiger partial charge in [-0.25, -0.2) is 0 Å². The van der Waals surface area contributed by atoms with E-state index in [9.17, 15) is 15.0 Å². The molecule has 1 aromatic heterocycles. The van der Waals surface area contributed by atoms with Crippen LogP contribution in [0.1, 0.15) is 36.3 Å². The Hall–Kier alpha value is -1.47. The zero-order chi connectivity index (χ0) is 13.1. The van der Waals surface area contributed by atoms with Gasteiger partial charge in [-0.3, -0.25) is 4.79 Å². The summed E-state index contributed by atoms with van der Waals surface area (Å²) in [5.41, 5.74) is 0. The molecule has 1 saturated heterocycles. The molecule has 2 rings (SSSR count). The molecule has 0 aliphatic carbocycles. The number of carbonyl (C=O) groups is 1.